The quantitative estimate of drug-likeness (QED) is 0.820. The van der Waals surface area contributed by atoms with Gasteiger partial charge in [0.25, 0.3) is 0 Å². The molecule has 2 rings (SSSR count). The van der Waals surface area contributed by atoms with Crippen molar-refractivity contribution < 1.29 is 4.74 Å². The zero-order chi connectivity index (χ0) is 13.1. The van der Waals surface area contributed by atoms with Crippen molar-refractivity contribution in [2.45, 2.75) is 6.61 Å². The summed E-state index contributed by atoms with van der Waals surface area (Å²) in [5.41, 5.74) is 6.27. The van der Waals surface area contributed by atoms with Crippen molar-refractivity contribution in [3.8, 4) is 5.75 Å². The Morgan fingerprint density at radius 1 is 1.44 bits per heavy atom. The highest BCUT2D eigenvalue weighted by Crippen LogP contribution is 2.29. The van der Waals surface area contributed by atoms with Crippen LogP contribution in [-0.2, 0) is 6.61 Å². The molecule has 0 aliphatic carbocycles. The number of hydrogen-bond acceptors (Lipinski definition) is 3. The van der Waals surface area contributed by atoms with Crippen molar-refractivity contribution in [3.63, 3.8) is 0 Å². The second-order valence-electron chi connectivity index (χ2n) is 3.49. The number of hydrogen-bond donors (Lipinski definition) is 1. The van der Waals surface area contributed by atoms with Gasteiger partial charge in [-0.2, -0.15) is 0 Å². The van der Waals surface area contributed by atoms with Crippen molar-refractivity contribution in [3.05, 3.63) is 49.6 Å². The molecule has 0 spiro atoms. The highest BCUT2D eigenvalue weighted by Gasteiger charge is 2.07. The first-order valence-corrected chi connectivity index (χ1v) is 7.48. The molecule has 0 aliphatic rings. The maximum absolute atomic E-state index is 6.10. The zero-order valence-electron chi connectivity index (χ0n) is 9.15. The molecule has 6 heteroatoms. The van der Waals surface area contributed by atoms with Crippen LogP contribution in [0.5, 0.6) is 5.75 Å². The second-order valence-corrected chi connectivity index (χ2v) is 6.19. The molecule has 1 aromatic heterocycles. The van der Waals surface area contributed by atoms with E-state index in [0.717, 1.165) is 14.9 Å². The summed E-state index contributed by atoms with van der Waals surface area (Å²) in [5.74, 6) is 0.622. The fourth-order valence-electron chi connectivity index (χ4n) is 1.34. The first-order chi connectivity index (χ1) is 8.58. The molecule has 0 unspecified atom stereocenters. The minimum absolute atomic E-state index is 0.324. The molecular weight excluding hydrogens is 354 g/mol. The van der Waals surface area contributed by atoms with Gasteiger partial charge in [-0.1, -0.05) is 23.8 Å². The summed E-state index contributed by atoms with van der Waals surface area (Å²) in [7, 11) is 0. The smallest absolute Gasteiger partial charge is 0.138 e. The monoisotopic (exact) mass is 361 g/mol. The average Bonchev–Trinajstić information content (AvgIpc) is 2.73. The summed E-state index contributed by atoms with van der Waals surface area (Å²) in [5, 5.41) is 2.51. The van der Waals surface area contributed by atoms with Gasteiger partial charge < -0.3 is 10.5 Å². The molecule has 0 saturated heterocycles. The molecule has 0 amide bonds. The van der Waals surface area contributed by atoms with E-state index in [1.165, 1.54) is 0 Å². The van der Waals surface area contributed by atoms with E-state index in [9.17, 15) is 0 Å². The molecule has 1 aromatic carbocycles. The Balaban J connectivity index is 2.11. The lowest BCUT2D eigenvalue weighted by Gasteiger charge is -2.08. The highest BCUT2D eigenvalue weighted by atomic mass is 79.9. The summed E-state index contributed by atoms with van der Waals surface area (Å²) < 4.78 is 6.71. The summed E-state index contributed by atoms with van der Waals surface area (Å²) in [6.45, 7) is 0.477. The standard InChI is InChI=1S/C12H9BrClNOS2/c13-8-3-4-18-11(8)6-16-10-2-1-7(12(15)17)5-9(10)14/h1-5H,6H2,(H2,15,17). The van der Waals surface area contributed by atoms with E-state index in [1.807, 2.05) is 11.4 Å². The molecule has 0 aliphatic heterocycles. The summed E-state index contributed by atoms with van der Waals surface area (Å²) in [6, 6.07) is 7.27. The van der Waals surface area contributed by atoms with Crippen LogP contribution in [0.2, 0.25) is 5.02 Å². The third-order valence-corrected chi connectivity index (χ3v) is 4.70. The maximum atomic E-state index is 6.10. The Hall–Kier alpha value is -0.620. The van der Waals surface area contributed by atoms with Crippen LogP contribution in [0.3, 0.4) is 0 Å². The van der Waals surface area contributed by atoms with Crippen LogP contribution in [0.4, 0.5) is 0 Å². The van der Waals surface area contributed by atoms with Crippen LogP contribution >= 0.6 is 51.1 Å². The Morgan fingerprint density at radius 3 is 2.78 bits per heavy atom. The minimum atomic E-state index is 0.324. The molecule has 1 heterocycles. The van der Waals surface area contributed by atoms with Crippen LogP contribution in [0.15, 0.2) is 34.1 Å². The van der Waals surface area contributed by atoms with E-state index in [-0.39, 0.29) is 0 Å². The lowest BCUT2D eigenvalue weighted by molar-refractivity contribution is 0.309. The molecule has 94 valence electrons. The van der Waals surface area contributed by atoms with Gasteiger partial charge in [-0.05, 0) is 45.6 Å². The van der Waals surface area contributed by atoms with Crippen molar-refractivity contribution in [1.29, 1.82) is 0 Å². The van der Waals surface area contributed by atoms with Gasteiger partial charge in [0, 0.05) is 10.0 Å². The van der Waals surface area contributed by atoms with Gasteiger partial charge in [0.05, 0.1) is 9.90 Å². The fourth-order valence-corrected chi connectivity index (χ4v) is 3.08. The SMILES string of the molecule is NC(=S)c1ccc(OCc2sccc2Br)c(Cl)c1. The van der Waals surface area contributed by atoms with Gasteiger partial charge in [0.2, 0.25) is 0 Å². The van der Waals surface area contributed by atoms with Crippen molar-refractivity contribution in [1.82, 2.24) is 0 Å². The van der Waals surface area contributed by atoms with Gasteiger partial charge in [0.15, 0.2) is 0 Å². The zero-order valence-corrected chi connectivity index (χ0v) is 13.1. The maximum Gasteiger partial charge on any atom is 0.138 e. The first-order valence-electron chi connectivity index (χ1n) is 5.02. The molecule has 0 radical (unpaired) electrons. The van der Waals surface area contributed by atoms with E-state index >= 15 is 0 Å². The topological polar surface area (TPSA) is 35.2 Å². The third-order valence-electron chi connectivity index (χ3n) is 2.27. The number of thiocarbonyl (C=S) groups is 1. The van der Waals surface area contributed by atoms with Gasteiger partial charge in [-0.3, -0.25) is 0 Å². The first kappa shape index (κ1) is 13.8. The summed E-state index contributed by atoms with van der Waals surface area (Å²) >= 11 is 16.1. The van der Waals surface area contributed by atoms with E-state index in [1.54, 1.807) is 29.5 Å². The molecule has 0 bridgehead atoms. The van der Waals surface area contributed by atoms with Crippen LogP contribution in [0.25, 0.3) is 0 Å². The summed E-state index contributed by atoms with van der Waals surface area (Å²) in [6.07, 6.45) is 0. The van der Waals surface area contributed by atoms with Crippen LogP contribution in [-0.4, -0.2) is 4.99 Å². The predicted octanol–water partition coefficient (Wildman–Crippen LogP) is 4.38. The Kier molecular flexibility index (Phi) is 4.61. The number of thiophene rings is 1. The van der Waals surface area contributed by atoms with Crippen molar-refractivity contribution in [2.75, 3.05) is 0 Å². The second kappa shape index (κ2) is 6.02. The predicted molar refractivity (Wildman–Crippen MR) is 83.7 cm³/mol. The Labute approximate surface area is 128 Å². The highest BCUT2D eigenvalue weighted by molar-refractivity contribution is 9.10. The molecule has 2 N–H and O–H groups in total. The molecule has 0 saturated carbocycles. The fraction of sp³-hybridized carbons (Fsp3) is 0.0833. The van der Waals surface area contributed by atoms with E-state index in [2.05, 4.69) is 15.9 Å². The molecule has 0 atom stereocenters. The van der Waals surface area contributed by atoms with Crippen LogP contribution < -0.4 is 10.5 Å². The third kappa shape index (κ3) is 3.23. The van der Waals surface area contributed by atoms with Crippen LogP contribution in [0, 0.1) is 0 Å². The minimum Gasteiger partial charge on any atom is -0.486 e. The van der Waals surface area contributed by atoms with E-state index in [0.29, 0.717) is 22.4 Å². The van der Waals surface area contributed by atoms with E-state index in [4.69, 9.17) is 34.3 Å². The van der Waals surface area contributed by atoms with E-state index < -0.39 is 0 Å². The van der Waals surface area contributed by atoms with Gasteiger partial charge in [0.1, 0.15) is 17.3 Å². The molecule has 0 fully saturated rings. The number of rotatable bonds is 4. The number of ether oxygens (including phenoxy) is 1. The van der Waals surface area contributed by atoms with Crippen molar-refractivity contribution in [2.24, 2.45) is 5.73 Å². The van der Waals surface area contributed by atoms with Crippen molar-refractivity contribution >= 4 is 56.1 Å². The summed E-state index contributed by atoms with van der Waals surface area (Å²) in [4.78, 5) is 1.44. The molecular formula is C12H9BrClNOS2. The number of benzene rings is 1. The molecule has 2 aromatic rings. The molecule has 2 nitrogen and oxygen atoms in total. The number of halogens is 2. The number of nitrogens with two attached hydrogens (primary N) is 1. The lowest BCUT2D eigenvalue weighted by atomic mass is 10.2. The largest absolute Gasteiger partial charge is 0.486 e. The average molecular weight is 363 g/mol. The Bertz CT molecular complexity index is 585. The van der Waals surface area contributed by atoms with Gasteiger partial charge >= 0.3 is 0 Å². The van der Waals surface area contributed by atoms with Crippen LogP contribution in [0.1, 0.15) is 10.4 Å². The normalized spacial score (nSPS) is 10.3. The van der Waals surface area contributed by atoms with Gasteiger partial charge in [-0.25, -0.2) is 0 Å². The van der Waals surface area contributed by atoms with Gasteiger partial charge in [-0.15, -0.1) is 11.3 Å². The Morgan fingerprint density at radius 2 is 2.22 bits per heavy atom. The molecule has 18 heavy (non-hydrogen) atoms. The lowest BCUT2D eigenvalue weighted by Crippen LogP contribution is -2.09.